The van der Waals surface area contributed by atoms with E-state index in [1.807, 2.05) is 18.2 Å². The molecule has 10 heteroatoms. The van der Waals surface area contributed by atoms with Crippen molar-refractivity contribution in [3.05, 3.63) is 126 Å². The molecule has 0 saturated carbocycles. The third kappa shape index (κ3) is 5.60. The van der Waals surface area contributed by atoms with Gasteiger partial charge >= 0.3 is 5.97 Å². The molecule has 5 rings (SSSR count). The summed E-state index contributed by atoms with van der Waals surface area (Å²) < 4.78 is 32.6. The monoisotopic (exact) mass is 583 g/mol. The molecule has 2 heterocycles. The maximum absolute atomic E-state index is 13.9. The number of fused-ring (bicyclic) bond motifs is 1. The molecule has 212 valence electrons. The molecule has 0 N–H and O–H groups in total. The number of carbonyl (C=O) groups excluding carboxylic acids is 1. The first kappa shape index (κ1) is 28.5. The molecule has 0 aliphatic carbocycles. The van der Waals surface area contributed by atoms with E-state index in [0.717, 1.165) is 5.56 Å². The number of methoxy groups -OCH3 is 1. The van der Waals surface area contributed by atoms with Gasteiger partial charge in [-0.25, -0.2) is 14.2 Å². The van der Waals surface area contributed by atoms with Crippen molar-refractivity contribution in [1.82, 2.24) is 4.57 Å². The van der Waals surface area contributed by atoms with Gasteiger partial charge in [0.1, 0.15) is 12.4 Å². The van der Waals surface area contributed by atoms with Crippen LogP contribution in [0.2, 0.25) is 0 Å². The Morgan fingerprint density at radius 2 is 1.88 bits per heavy atom. The lowest BCUT2D eigenvalue weighted by Gasteiger charge is -2.24. The molecule has 0 amide bonds. The topological polar surface area (TPSA) is 103 Å². The third-order valence-electron chi connectivity index (χ3n) is 6.68. The Morgan fingerprint density at radius 1 is 1.14 bits per heavy atom. The minimum absolute atomic E-state index is 0.150. The molecule has 0 saturated heterocycles. The SMILES string of the molecule is CCOC(=O)C1=C(C)N=c2s/c(=C\c3cccc(OC)c3OCc3ccc(C#N)cc3)c(=O)n2[C@H]1c1ccc(F)cc1. The number of nitriles is 1. The molecular weight excluding hydrogens is 557 g/mol. The summed E-state index contributed by atoms with van der Waals surface area (Å²) in [5, 5.41) is 9.06. The van der Waals surface area contributed by atoms with E-state index in [0.29, 0.717) is 43.2 Å². The van der Waals surface area contributed by atoms with E-state index in [4.69, 9.17) is 19.5 Å². The summed E-state index contributed by atoms with van der Waals surface area (Å²) in [5.74, 6) is -0.104. The highest BCUT2D eigenvalue weighted by atomic mass is 32.1. The number of hydrogen-bond acceptors (Lipinski definition) is 8. The average Bonchev–Trinajstić information content (AvgIpc) is 3.30. The van der Waals surface area contributed by atoms with Crippen LogP contribution in [-0.2, 0) is 16.1 Å². The number of ether oxygens (including phenoxy) is 3. The lowest BCUT2D eigenvalue weighted by Crippen LogP contribution is -2.39. The number of rotatable bonds is 8. The lowest BCUT2D eigenvalue weighted by molar-refractivity contribution is -0.139. The largest absolute Gasteiger partial charge is 0.493 e. The van der Waals surface area contributed by atoms with Gasteiger partial charge in [-0.15, -0.1) is 0 Å². The quantitative estimate of drug-likeness (QED) is 0.285. The summed E-state index contributed by atoms with van der Waals surface area (Å²) >= 11 is 1.17. The van der Waals surface area contributed by atoms with Crippen molar-refractivity contribution < 1.29 is 23.4 Å². The fourth-order valence-corrected chi connectivity index (χ4v) is 5.72. The minimum Gasteiger partial charge on any atom is -0.493 e. The Kier molecular flexibility index (Phi) is 8.31. The van der Waals surface area contributed by atoms with Gasteiger partial charge in [0.25, 0.3) is 5.56 Å². The zero-order chi connectivity index (χ0) is 29.8. The van der Waals surface area contributed by atoms with Gasteiger partial charge in [0.05, 0.1) is 47.2 Å². The predicted octanol–water partition coefficient (Wildman–Crippen LogP) is 4.40. The maximum atomic E-state index is 13.9. The van der Waals surface area contributed by atoms with Crippen LogP contribution >= 0.6 is 11.3 Å². The first-order valence-electron chi connectivity index (χ1n) is 13.1. The van der Waals surface area contributed by atoms with Crippen LogP contribution in [0.4, 0.5) is 4.39 Å². The van der Waals surface area contributed by atoms with Gasteiger partial charge in [0, 0.05) is 5.56 Å². The third-order valence-corrected chi connectivity index (χ3v) is 7.67. The standard InChI is InChI=1S/C32H26FN3O5S/c1-4-40-31(38)27-19(2)35-32-36(28(27)22-12-14-24(33)15-13-22)30(37)26(42-32)16-23-6-5-7-25(39-3)29(23)41-18-21-10-8-20(17-34)9-11-21/h5-16,28H,4,18H2,1-3H3/b26-16-/t28-/m0/s1. The van der Waals surface area contributed by atoms with Crippen LogP contribution in [0.5, 0.6) is 11.5 Å². The van der Waals surface area contributed by atoms with Crippen molar-refractivity contribution in [3.8, 4) is 17.6 Å². The Bertz CT molecular complexity index is 1900. The predicted molar refractivity (Wildman–Crippen MR) is 155 cm³/mol. The van der Waals surface area contributed by atoms with E-state index in [1.165, 1.54) is 35.1 Å². The molecule has 1 aromatic heterocycles. The van der Waals surface area contributed by atoms with Crippen LogP contribution in [-0.4, -0.2) is 24.3 Å². The second-order valence-electron chi connectivity index (χ2n) is 9.33. The number of hydrogen-bond donors (Lipinski definition) is 0. The highest BCUT2D eigenvalue weighted by Gasteiger charge is 2.33. The van der Waals surface area contributed by atoms with Gasteiger partial charge in [-0.3, -0.25) is 9.36 Å². The molecule has 0 spiro atoms. The summed E-state index contributed by atoms with van der Waals surface area (Å²) in [7, 11) is 1.53. The summed E-state index contributed by atoms with van der Waals surface area (Å²) in [6, 6.07) is 19.3. The van der Waals surface area contributed by atoms with Crippen LogP contribution in [0, 0.1) is 17.1 Å². The van der Waals surface area contributed by atoms with Crippen LogP contribution in [0.3, 0.4) is 0 Å². The number of halogens is 1. The van der Waals surface area contributed by atoms with Gasteiger partial charge in [-0.05, 0) is 61.4 Å². The molecule has 0 fully saturated rings. The van der Waals surface area contributed by atoms with Gasteiger partial charge in [0.15, 0.2) is 16.3 Å². The van der Waals surface area contributed by atoms with E-state index >= 15 is 0 Å². The first-order valence-corrected chi connectivity index (χ1v) is 13.9. The van der Waals surface area contributed by atoms with Crippen LogP contribution in [0.1, 0.15) is 42.1 Å². The zero-order valence-electron chi connectivity index (χ0n) is 23.1. The van der Waals surface area contributed by atoms with Crippen LogP contribution in [0.15, 0.2) is 87.8 Å². The number of carbonyl (C=O) groups is 1. The number of allylic oxidation sites excluding steroid dienone is 1. The molecular formula is C32H26FN3O5S. The second-order valence-corrected chi connectivity index (χ2v) is 10.3. The van der Waals surface area contributed by atoms with E-state index in [1.54, 1.807) is 56.3 Å². The van der Waals surface area contributed by atoms with E-state index < -0.39 is 17.8 Å². The summed E-state index contributed by atoms with van der Waals surface area (Å²) in [5.41, 5.74) is 2.82. The molecule has 1 aliphatic heterocycles. The molecule has 0 radical (unpaired) electrons. The molecule has 4 aromatic rings. The molecule has 1 aliphatic rings. The summed E-state index contributed by atoms with van der Waals surface area (Å²) in [6.45, 7) is 3.75. The van der Waals surface area contributed by atoms with Crippen molar-refractivity contribution in [1.29, 1.82) is 5.26 Å². The minimum atomic E-state index is -0.847. The number of esters is 1. The number of nitrogens with zero attached hydrogens (tertiary/aromatic N) is 3. The summed E-state index contributed by atoms with van der Waals surface area (Å²) in [6.07, 6.45) is 1.70. The van der Waals surface area contributed by atoms with Gasteiger partial charge < -0.3 is 14.2 Å². The number of thiazole rings is 1. The van der Waals surface area contributed by atoms with E-state index in [9.17, 15) is 14.0 Å². The number of aromatic nitrogens is 1. The average molecular weight is 584 g/mol. The van der Waals surface area contributed by atoms with Crippen molar-refractivity contribution in [2.75, 3.05) is 13.7 Å². The lowest BCUT2D eigenvalue weighted by atomic mass is 9.96. The van der Waals surface area contributed by atoms with Gasteiger partial charge in [-0.1, -0.05) is 47.7 Å². The molecule has 3 aromatic carbocycles. The van der Waals surface area contributed by atoms with Gasteiger partial charge in [-0.2, -0.15) is 5.26 Å². The maximum Gasteiger partial charge on any atom is 0.338 e. The van der Waals surface area contributed by atoms with E-state index in [2.05, 4.69) is 11.1 Å². The Morgan fingerprint density at radius 3 is 2.55 bits per heavy atom. The highest BCUT2D eigenvalue weighted by Crippen LogP contribution is 2.33. The summed E-state index contributed by atoms with van der Waals surface area (Å²) in [4.78, 5) is 32.0. The Hall–Kier alpha value is -5.01. The Labute approximate surface area is 244 Å². The normalized spacial score (nSPS) is 14.5. The number of benzene rings is 3. The smallest absolute Gasteiger partial charge is 0.338 e. The fourth-order valence-electron chi connectivity index (χ4n) is 4.69. The van der Waals surface area contributed by atoms with Crippen molar-refractivity contribution >= 4 is 23.4 Å². The molecule has 42 heavy (non-hydrogen) atoms. The van der Waals surface area contributed by atoms with Crippen molar-refractivity contribution in [2.45, 2.75) is 26.5 Å². The number of para-hydroxylation sites is 1. The Balaban J connectivity index is 1.61. The fraction of sp³-hybridized carbons (Fsp3) is 0.188. The zero-order valence-corrected chi connectivity index (χ0v) is 23.9. The molecule has 0 unspecified atom stereocenters. The second kappa shape index (κ2) is 12.2. The van der Waals surface area contributed by atoms with Crippen LogP contribution in [0.25, 0.3) is 6.08 Å². The molecule has 8 nitrogen and oxygen atoms in total. The van der Waals surface area contributed by atoms with E-state index in [-0.39, 0.29) is 24.3 Å². The van der Waals surface area contributed by atoms with Gasteiger partial charge in [0.2, 0.25) is 0 Å². The van der Waals surface area contributed by atoms with Crippen LogP contribution < -0.4 is 24.4 Å². The van der Waals surface area contributed by atoms with Crippen molar-refractivity contribution in [2.24, 2.45) is 4.99 Å². The molecule has 1 atom stereocenters. The first-order chi connectivity index (χ1) is 20.3. The van der Waals surface area contributed by atoms with Crippen molar-refractivity contribution in [3.63, 3.8) is 0 Å². The highest BCUT2D eigenvalue weighted by molar-refractivity contribution is 7.07. The molecule has 0 bridgehead atoms.